The third-order valence-corrected chi connectivity index (χ3v) is 9.50. The second kappa shape index (κ2) is 11.7. The first-order chi connectivity index (χ1) is 15.6. The highest BCUT2D eigenvalue weighted by molar-refractivity contribution is 8.10. The quantitative estimate of drug-likeness (QED) is 0.197. The summed E-state index contributed by atoms with van der Waals surface area (Å²) in [5.74, 6) is 0. The predicted molar refractivity (Wildman–Crippen MR) is 121 cm³/mol. The van der Waals surface area contributed by atoms with Crippen LogP contribution in [0.5, 0.6) is 0 Å². The predicted octanol–water partition coefficient (Wildman–Crippen LogP) is -0.213. The van der Waals surface area contributed by atoms with E-state index in [4.69, 9.17) is 30.8 Å². The lowest BCUT2D eigenvalue weighted by molar-refractivity contribution is -0.00732. The number of nitrogen functional groups attached to an aromatic ring is 2. The summed E-state index contributed by atoms with van der Waals surface area (Å²) in [6.07, 6.45) is 0. The van der Waals surface area contributed by atoms with Gasteiger partial charge < -0.3 is 35.9 Å². The smallest absolute Gasteiger partial charge is 0.300 e. The fourth-order valence-electron chi connectivity index (χ4n) is 2.67. The highest BCUT2D eigenvalue weighted by Crippen LogP contribution is 2.34. The van der Waals surface area contributed by atoms with E-state index in [9.17, 15) is 21.9 Å². The van der Waals surface area contributed by atoms with Crippen LogP contribution in [0.4, 0.5) is 11.4 Å². The van der Waals surface area contributed by atoms with Gasteiger partial charge in [-0.3, -0.25) is 0 Å². The number of hydrogen-bond donors (Lipinski definition) is 4. The van der Waals surface area contributed by atoms with Crippen LogP contribution in [-0.2, 0) is 33.9 Å². The normalized spacial score (nSPS) is 12.7. The first-order valence-electron chi connectivity index (χ1n) is 9.83. The minimum absolute atomic E-state index is 0.0115. The number of sulfone groups is 2. The minimum atomic E-state index is -4.87. The molecule has 6 N–H and O–H groups in total. The third-order valence-electron chi connectivity index (χ3n) is 4.48. The third kappa shape index (κ3) is 6.41. The van der Waals surface area contributed by atoms with Crippen LogP contribution in [0.3, 0.4) is 0 Å². The van der Waals surface area contributed by atoms with Gasteiger partial charge in [0.05, 0.1) is 49.4 Å². The molecule has 0 saturated carbocycles. The molecular formula is C20H28N2O9S2. The van der Waals surface area contributed by atoms with E-state index in [1.54, 1.807) is 0 Å². The van der Waals surface area contributed by atoms with Crippen LogP contribution < -0.4 is 11.5 Å². The molecule has 11 nitrogen and oxygen atoms in total. The number of aliphatic hydroxyl groups is 2. The molecule has 2 aromatic carbocycles. The van der Waals surface area contributed by atoms with Crippen LogP contribution in [0.15, 0.2) is 58.3 Å². The summed E-state index contributed by atoms with van der Waals surface area (Å²) in [5.41, 5.74) is 11.7. The maximum Gasteiger partial charge on any atom is 0.300 e. The van der Waals surface area contributed by atoms with Crippen LogP contribution in [0.1, 0.15) is 0 Å². The van der Waals surface area contributed by atoms with Gasteiger partial charge in [0, 0.05) is 11.4 Å². The van der Waals surface area contributed by atoms with E-state index in [1.165, 1.54) is 24.3 Å². The zero-order valence-electron chi connectivity index (χ0n) is 17.8. The lowest BCUT2D eigenvalue weighted by Crippen LogP contribution is -2.50. The van der Waals surface area contributed by atoms with Crippen molar-refractivity contribution >= 4 is 31.0 Å². The second-order valence-electron chi connectivity index (χ2n) is 6.86. The van der Waals surface area contributed by atoms with Gasteiger partial charge in [-0.2, -0.15) is 0 Å². The number of benzene rings is 2. The van der Waals surface area contributed by atoms with Crippen LogP contribution in [-0.4, -0.2) is 77.6 Å². The summed E-state index contributed by atoms with van der Waals surface area (Å²) in [6, 6.07) is 9.50. The molecule has 2 rings (SSSR count). The summed E-state index contributed by atoms with van der Waals surface area (Å²) in [4.78, 5) is -0.891. The van der Waals surface area contributed by atoms with E-state index < -0.39 is 40.3 Å². The molecule has 0 aliphatic heterocycles. The molecule has 0 aliphatic rings. The lowest BCUT2D eigenvalue weighted by Gasteiger charge is -2.27. The number of nitrogens with two attached hydrogens (primary N) is 2. The first-order valence-corrected chi connectivity index (χ1v) is 12.8. The standard InChI is InChI=1S/C20H28N2O9S2/c21-16-1-5-18(6-2-16)32(25,26)20(24,15-31-14-13-30-12-11-29-10-9-23)33(27,28)19-7-3-17(22)4-8-19/h1-8,23-24H,9-15,21-22H2. The Balaban J connectivity index is 2.25. The molecule has 0 aliphatic carbocycles. The van der Waals surface area contributed by atoms with E-state index in [0.717, 1.165) is 24.3 Å². The van der Waals surface area contributed by atoms with Crippen molar-refractivity contribution in [1.82, 2.24) is 0 Å². The van der Waals surface area contributed by atoms with E-state index in [2.05, 4.69) is 0 Å². The second-order valence-corrected chi connectivity index (χ2v) is 11.4. The Hall–Kier alpha value is -2.26. The molecule has 33 heavy (non-hydrogen) atoms. The average Bonchev–Trinajstić information content (AvgIpc) is 2.78. The Morgan fingerprint density at radius 3 is 1.42 bits per heavy atom. The number of aliphatic hydroxyl groups excluding tert-OH is 1. The molecule has 0 amide bonds. The molecule has 0 spiro atoms. The van der Waals surface area contributed by atoms with Crippen molar-refractivity contribution in [2.24, 2.45) is 0 Å². The zero-order valence-corrected chi connectivity index (χ0v) is 19.4. The summed E-state index contributed by atoms with van der Waals surface area (Å²) in [5, 5.41) is 19.8. The Morgan fingerprint density at radius 1 is 0.667 bits per heavy atom. The molecule has 0 radical (unpaired) electrons. The first kappa shape index (κ1) is 27.0. The van der Waals surface area contributed by atoms with Crippen molar-refractivity contribution < 1.29 is 41.3 Å². The van der Waals surface area contributed by atoms with Crippen LogP contribution in [0, 0.1) is 0 Å². The summed E-state index contributed by atoms with van der Waals surface area (Å²) in [7, 11) is -9.74. The van der Waals surface area contributed by atoms with Gasteiger partial charge in [-0.1, -0.05) is 0 Å². The SMILES string of the molecule is Nc1ccc(S(=O)(=O)C(O)(COCCOCCOCCO)S(=O)(=O)c2ccc(N)cc2)cc1. The largest absolute Gasteiger partial charge is 0.399 e. The molecule has 184 valence electrons. The molecule has 0 unspecified atom stereocenters. The van der Waals surface area contributed by atoms with Crippen LogP contribution in [0.2, 0.25) is 0 Å². The lowest BCUT2D eigenvalue weighted by atomic mass is 10.3. The summed E-state index contributed by atoms with van der Waals surface area (Å²) in [6.45, 7) is -0.829. The van der Waals surface area contributed by atoms with Gasteiger partial charge in [0.25, 0.3) is 0 Å². The van der Waals surface area contributed by atoms with Gasteiger partial charge in [0.2, 0.25) is 19.7 Å². The van der Waals surface area contributed by atoms with E-state index in [0.29, 0.717) is 0 Å². The minimum Gasteiger partial charge on any atom is -0.399 e. The Morgan fingerprint density at radius 2 is 1.03 bits per heavy atom. The van der Waals surface area contributed by atoms with Crippen molar-refractivity contribution in [3.63, 3.8) is 0 Å². The monoisotopic (exact) mass is 504 g/mol. The van der Waals surface area contributed by atoms with Gasteiger partial charge in [-0.25, -0.2) is 16.8 Å². The zero-order chi connectivity index (χ0) is 24.5. The van der Waals surface area contributed by atoms with Gasteiger partial charge in [-0.15, -0.1) is 0 Å². The Labute approximate surface area is 192 Å². The highest BCUT2D eigenvalue weighted by Gasteiger charge is 2.55. The molecule has 0 aromatic heterocycles. The van der Waals surface area contributed by atoms with Crippen molar-refractivity contribution in [2.75, 3.05) is 57.7 Å². The summed E-state index contributed by atoms with van der Waals surface area (Å²) < 4.78 is 65.2. The number of ether oxygens (including phenoxy) is 3. The maximum atomic E-state index is 13.3. The molecule has 0 heterocycles. The number of rotatable bonds is 14. The number of anilines is 2. The maximum absolute atomic E-state index is 13.3. The van der Waals surface area contributed by atoms with Gasteiger partial charge in [0.15, 0.2) is 0 Å². The highest BCUT2D eigenvalue weighted by atomic mass is 32.3. The van der Waals surface area contributed by atoms with E-state index >= 15 is 0 Å². The van der Waals surface area contributed by atoms with Crippen molar-refractivity contribution in [2.45, 2.75) is 14.1 Å². The van der Waals surface area contributed by atoms with E-state index in [1.807, 2.05) is 0 Å². The molecule has 0 fully saturated rings. The van der Waals surface area contributed by atoms with Crippen molar-refractivity contribution in [1.29, 1.82) is 0 Å². The average molecular weight is 505 g/mol. The molecule has 0 atom stereocenters. The van der Waals surface area contributed by atoms with Crippen LogP contribution in [0.25, 0.3) is 0 Å². The fourth-order valence-corrected chi connectivity index (χ4v) is 6.60. The molecule has 2 aromatic rings. The fraction of sp³-hybridized carbons (Fsp3) is 0.400. The molecule has 13 heteroatoms. The topological polar surface area (TPSA) is 188 Å². The molecule has 0 saturated heterocycles. The molecule has 0 bridgehead atoms. The Kier molecular flexibility index (Phi) is 9.60. The van der Waals surface area contributed by atoms with E-state index in [-0.39, 0.29) is 51.0 Å². The molecular weight excluding hydrogens is 476 g/mol. The number of hydrogen-bond acceptors (Lipinski definition) is 11. The van der Waals surface area contributed by atoms with Crippen molar-refractivity contribution in [3.05, 3.63) is 48.5 Å². The van der Waals surface area contributed by atoms with Crippen LogP contribution >= 0.6 is 0 Å². The van der Waals surface area contributed by atoms with Gasteiger partial charge in [-0.05, 0) is 48.5 Å². The summed E-state index contributed by atoms with van der Waals surface area (Å²) >= 11 is 0. The van der Waals surface area contributed by atoms with Crippen molar-refractivity contribution in [3.8, 4) is 0 Å². The van der Waals surface area contributed by atoms with Gasteiger partial charge >= 0.3 is 4.27 Å². The Bertz CT molecular complexity index is 1010. The van der Waals surface area contributed by atoms with Gasteiger partial charge in [0.1, 0.15) is 6.61 Å².